The SMILES string of the molecule is COC(=O)c1c(NC(=S)NC(C)c2ccc(C(C)C)cc2)sc(C(=O)N(C)C)c1C. The maximum absolute atomic E-state index is 12.5. The number of carbonyl (C=O) groups excluding carboxylic acids is 2. The fourth-order valence-corrected chi connectivity index (χ4v) is 4.51. The number of rotatable bonds is 6. The first-order chi connectivity index (χ1) is 14.1. The summed E-state index contributed by atoms with van der Waals surface area (Å²) in [5, 5.41) is 7.17. The Bertz CT molecular complexity index is 934. The number of carbonyl (C=O) groups is 2. The molecule has 2 rings (SSSR count). The Balaban J connectivity index is 2.21. The Labute approximate surface area is 187 Å². The normalized spacial score (nSPS) is 11.7. The van der Waals surface area contributed by atoms with E-state index in [-0.39, 0.29) is 11.9 Å². The number of methoxy groups -OCH3 is 1. The van der Waals surface area contributed by atoms with Gasteiger partial charge in [-0.15, -0.1) is 11.3 Å². The number of anilines is 1. The number of hydrogen-bond acceptors (Lipinski definition) is 5. The molecular weight excluding hydrogens is 418 g/mol. The number of esters is 1. The van der Waals surface area contributed by atoms with Crippen molar-refractivity contribution in [3.63, 3.8) is 0 Å². The summed E-state index contributed by atoms with van der Waals surface area (Å²) in [6, 6.07) is 8.37. The van der Waals surface area contributed by atoms with Crippen LogP contribution in [0.1, 0.15) is 69.5 Å². The fourth-order valence-electron chi connectivity index (χ4n) is 2.95. The smallest absolute Gasteiger partial charge is 0.341 e. The van der Waals surface area contributed by atoms with E-state index < -0.39 is 5.97 Å². The number of ether oxygens (including phenoxy) is 1. The fraction of sp³-hybridized carbons (Fsp3) is 0.409. The van der Waals surface area contributed by atoms with Crippen LogP contribution in [0, 0.1) is 6.92 Å². The third kappa shape index (κ3) is 5.37. The largest absolute Gasteiger partial charge is 0.465 e. The van der Waals surface area contributed by atoms with E-state index in [1.54, 1.807) is 21.0 Å². The van der Waals surface area contributed by atoms with Crippen LogP contribution in [-0.4, -0.2) is 43.1 Å². The predicted molar refractivity (Wildman–Crippen MR) is 127 cm³/mol. The van der Waals surface area contributed by atoms with Gasteiger partial charge in [-0.05, 0) is 48.7 Å². The zero-order chi connectivity index (χ0) is 22.6. The summed E-state index contributed by atoms with van der Waals surface area (Å²) in [6.45, 7) is 8.07. The maximum Gasteiger partial charge on any atom is 0.341 e. The van der Waals surface area contributed by atoms with E-state index in [4.69, 9.17) is 17.0 Å². The Morgan fingerprint density at radius 2 is 1.67 bits per heavy atom. The molecule has 0 aliphatic carbocycles. The van der Waals surface area contributed by atoms with Crippen molar-refractivity contribution in [2.45, 2.75) is 39.7 Å². The van der Waals surface area contributed by atoms with E-state index in [2.05, 4.69) is 48.7 Å². The average molecular weight is 448 g/mol. The third-order valence-electron chi connectivity index (χ3n) is 4.81. The van der Waals surface area contributed by atoms with Crippen molar-refractivity contribution in [2.24, 2.45) is 0 Å². The van der Waals surface area contributed by atoms with Gasteiger partial charge in [0.15, 0.2) is 5.11 Å². The summed E-state index contributed by atoms with van der Waals surface area (Å²) in [4.78, 5) is 26.8. The Morgan fingerprint density at radius 1 is 1.10 bits per heavy atom. The minimum absolute atomic E-state index is 0.0308. The summed E-state index contributed by atoms with van der Waals surface area (Å²) in [5.74, 6) is -0.208. The molecule has 6 nitrogen and oxygen atoms in total. The monoisotopic (exact) mass is 447 g/mol. The Hall–Kier alpha value is -2.45. The summed E-state index contributed by atoms with van der Waals surface area (Å²) >= 11 is 6.66. The molecule has 1 unspecified atom stereocenters. The molecule has 1 heterocycles. The third-order valence-corrected chi connectivity index (χ3v) is 6.23. The average Bonchev–Trinajstić information content (AvgIpc) is 3.02. The topological polar surface area (TPSA) is 70.7 Å². The molecule has 0 saturated carbocycles. The van der Waals surface area contributed by atoms with Crippen LogP contribution in [0.4, 0.5) is 5.00 Å². The molecule has 0 fully saturated rings. The van der Waals surface area contributed by atoms with Gasteiger partial charge in [-0.1, -0.05) is 38.1 Å². The molecule has 162 valence electrons. The highest BCUT2D eigenvalue weighted by Gasteiger charge is 2.26. The van der Waals surface area contributed by atoms with Gasteiger partial charge in [-0.3, -0.25) is 4.79 Å². The van der Waals surface area contributed by atoms with Gasteiger partial charge < -0.3 is 20.3 Å². The summed E-state index contributed by atoms with van der Waals surface area (Å²) in [7, 11) is 4.66. The molecule has 0 aliphatic heterocycles. The highest BCUT2D eigenvalue weighted by atomic mass is 32.1. The first-order valence-electron chi connectivity index (χ1n) is 9.67. The summed E-state index contributed by atoms with van der Waals surface area (Å²) < 4.78 is 4.91. The van der Waals surface area contributed by atoms with E-state index in [9.17, 15) is 9.59 Å². The molecule has 1 aromatic heterocycles. The molecule has 0 saturated heterocycles. The lowest BCUT2D eigenvalue weighted by Crippen LogP contribution is -2.31. The van der Waals surface area contributed by atoms with Crippen LogP contribution in [0.15, 0.2) is 24.3 Å². The Kier molecular flexibility index (Phi) is 7.97. The molecule has 1 atom stereocenters. The van der Waals surface area contributed by atoms with Crippen molar-refractivity contribution in [1.29, 1.82) is 0 Å². The first kappa shape index (κ1) is 23.8. The van der Waals surface area contributed by atoms with Crippen molar-refractivity contribution in [1.82, 2.24) is 10.2 Å². The summed E-state index contributed by atoms with van der Waals surface area (Å²) in [5.41, 5.74) is 3.28. The standard InChI is InChI=1S/C22H29N3O3S2/c1-12(2)15-8-10-16(11-9-15)14(4)23-22(29)24-19-17(21(27)28-7)13(3)18(30-19)20(26)25(5)6/h8-12,14H,1-7H3,(H2,23,24,29). The van der Waals surface area contributed by atoms with E-state index in [1.807, 2.05) is 6.92 Å². The number of thiocarbonyl (C=S) groups is 1. The molecule has 1 amide bonds. The Morgan fingerprint density at radius 3 is 2.17 bits per heavy atom. The maximum atomic E-state index is 12.5. The van der Waals surface area contributed by atoms with Crippen LogP contribution in [0.5, 0.6) is 0 Å². The van der Waals surface area contributed by atoms with Gasteiger partial charge in [0.2, 0.25) is 0 Å². The number of benzene rings is 1. The van der Waals surface area contributed by atoms with E-state index in [0.29, 0.717) is 32.0 Å². The molecular formula is C22H29N3O3S2. The van der Waals surface area contributed by atoms with E-state index in [1.165, 1.54) is 28.9 Å². The molecule has 30 heavy (non-hydrogen) atoms. The minimum atomic E-state index is -0.510. The zero-order valence-electron chi connectivity index (χ0n) is 18.5. The van der Waals surface area contributed by atoms with Crippen molar-refractivity contribution < 1.29 is 14.3 Å². The van der Waals surface area contributed by atoms with Gasteiger partial charge in [0, 0.05) is 14.1 Å². The van der Waals surface area contributed by atoms with Crippen LogP contribution in [0.2, 0.25) is 0 Å². The molecule has 0 spiro atoms. The van der Waals surface area contributed by atoms with E-state index in [0.717, 1.165) is 5.56 Å². The molecule has 0 radical (unpaired) electrons. The van der Waals surface area contributed by atoms with Crippen LogP contribution in [-0.2, 0) is 4.74 Å². The molecule has 8 heteroatoms. The predicted octanol–water partition coefficient (Wildman–Crippen LogP) is 4.72. The van der Waals surface area contributed by atoms with Gasteiger partial charge in [0.1, 0.15) is 5.00 Å². The van der Waals surface area contributed by atoms with Crippen LogP contribution < -0.4 is 10.6 Å². The molecule has 0 bridgehead atoms. The van der Waals surface area contributed by atoms with Crippen LogP contribution >= 0.6 is 23.6 Å². The lowest BCUT2D eigenvalue weighted by Gasteiger charge is -2.18. The van der Waals surface area contributed by atoms with Gasteiger partial charge in [-0.25, -0.2) is 4.79 Å². The lowest BCUT2D eigenvalue weighted by atomic mass is 10.00. The second kappa shape index (κ2) is 10.0. The quantitative estimate of drug-likeness (QED) is 0.493. The number of nitrogens with zero attached hydrogens (tertiary/aromatic N) is 1. The number of hydrogen-bond donors (Lipinski definition) is 2. The molecule has 2 aromatic rings. The molecule has 0 aliphatic rings. The van der Waals surface area contributed by atoms with Crippen LogP contribution in [0.25, 0.3) is 0 Å². The first-order valence-corrected chi connectivity index (χ1v) is 10.9. The minimum Gasteiger partial charge on any atom is -0.465 e. The second-order valence-corrected chi connectivity index (χ2v) is 9.02. The van der Waals surface area contributed by atoms with Crippen molar-refractivity contribution >= 4 is 45.5 Å². The van der Waals surface area contributed by atoms with Gasteiger partial charge >= 0.3 is 5.97 Å². The number of nitrogens with one attached hydrogen (secondary N) is 2. The van der Waals surface area contributed by atoms with Crippen molar-refractivity contribution in [2.75, 3.05) is 26.5 Å². The lowest BCUT2D eigenvalue weighted by molar-refractivity contribution is 0.0601. The molecule has 2 N–H and O–H groups in total. The van der Waals surface area contributed by atoms with Gasteiger partial charge in [0.25, 0.3) is 5.91 Å². The van der Waals surface area contributed by atoms with Gasteiger partial charge in [0.05, 0.1) is 23.6 Å². The van der Waals surface area contributed by atoms with Crippen LogP contribution in [0.3, 0.4) is 0 Å². The summed E-state index contributed by atoms with van der Waals surface area (Å²) in [6.07, 6.45) is 0. The number of amides is 1. The van der Waals surface area contributed by atoms with Crippen molar-refractivity contribution in [3.8, 4) is 0 Å². The highest BCUT2D eigenvalue weighted by molar-refractivity contribution is 7.80. The molecule has 1 aromatic carbocycles. The van der Waals surface area contributed by atoms with Crippen molar-refractivity contribution in [3.05, 3.63) is 51.4 Å². The second-order valence-electron chi connectivity index (χ2n) is 7.59. The van der Waals surface area contributed by atoms with E-state index >= 15 is 0 Å². The number of thiophene rings is 1. The zero-order valence-corrected chi connectivity index (χ0v) is 20.1. The highest BCUT2D eigenvalue weighted by Crippen LogP contribution is 2.34. The van der Waals surface area contributed by atoms with Gasteiger partial charge in [-0.2, -0.15) is 0 Å².